The molecule has 0 aliphatic carbocycles. The van der Waals surface area contributed by atoms with E-state index in [-0.39, 0.29) is 36.2 Å². The van der Waals surface area contributed by atoms with Crippen molar-refractivity contribution in [2.45, 2.75) is 17.9 Å². The third kappa shape index (κ3) is 5.68. The van der Waals surface area contributed by atoms with Crippen LogP contribution in [0.25, 0.3) is 10.8 Å². The maximum atomic E-state index is 12.3. The molecular formula is C23H25N3O4S. The lowest BCUT2D eigenvalue weighted by atomic mass is 10.1. The van der Waals surface area contributed by atoms with Gasteiger partial charge in [-0.25, -0.2) is 12.7 Å². The predicted octanol–water partition coefficient (Wildman–Crippen LogP) is 2.53. The third-order valence-corrected chi connectivity index (χ3v) is 6.67. The molecule has 7 nitrogen and oxygen atoms in total. The van der Waals surface area contributed by atoms with E-state index in [1.807, 2.05) is 36.4 Å². The summed E-state index contributed by atoms with van der Waals surface area (Å²) in [7, 11) is -0.526. The van der Waals surface area contributed by atoms with Gasteiger partial charge in [0.25, 0.3) is 5.91 Å². The molecule has 0 aromatic heterocycles. The topological polar surface area (TPSA) is 95.6 Å². The normalized spacial score (nSPS) is 11.5. The van der Waals surface area contributed by atoms with Gasteiger partial charge in [-0.15, -0.1) is 0 Å². The minimum absolute atomic E-state index is 0.145. The lowest BCUT2D eigenvalue weighted by molar-refractivity contribution is -0.121. The molecule has 0 atom stereocenters. The molecule has 0 heterocycles. The molecule has 2 amide bonds. The van der Waals surface area contributed by atoms with E-state index in [0.717, 1.165) is 20.6 Å². The van der Waals surface area contributed by atoms with Crippen molar-refractivity contribution in [2.24, 2.45) is 0 Å². The van der Waals surface area contributed by atoms with E-state index in [0.29, 0.717) is 5.56 Å². The van der Waals surface area contributed by atoms with Crippen molar-refractivity contribution in [1.29, 1.82) is 0 Å². The second-order valence-corrected chi connectivity index (χ2v) is 9.43. The van der Waals surface area contributed by atoms with Gasteiger partial charge >= 0.3 is 0 Å². The van der Waals surface area contributed by atoms with Crippen molar-refractivity contribution in [1.82, 2.24) is 14.9 Å². The Morgan fingerprint density at radius 1 is 0.871 bits per heavy atom. The zero-order valence-electron chi connectivity index (χ0n) is 17.5. The summed E-state index contributed by atoms with van der Waals surface area (Å²) >= 11 is 0. The maximum absolute atomic E-state index is 12.3. The molecule has 2 N–H and O–H groups in total. The molecule has 162 valence electrons. The molecule has 31 heavy (non-hydrogen) atoms. The van der Waals surface area contributed by atoms with Gasteiger partial charge in [-0.2, -0.15) is 0 Å². The van der Waals surface area contributed by atoms with Crippen molar-refractivity contribution in [3.05, 3.63) is 77.9 Å². The fraction of sp³-hybridized carbons (Fsp3) is 0.217. The largest absolute Gasteiger partial charge is 0.352 e. The van der Waals surface area contributed by atoms with Crippen molar-refractivity contribution in [3.8, 4) is 0 Å². The van der Waals surface area contributed by atoms with Crippen LogP contribution in [0.3, 0.4) is 0 Å². The van der Waals surface area contributed by atoms with Crippen LogP contribution < -0.4 is 10.6 Å². The van der Waals surface area contributed by atoms with Crippen molar-refractivity contribution in [3.63, 3.8) is 0 Å². The van der Waals surface area contributed by atoms with Gasteiger partial charge in [0.15, 0.2) is 0 Å². The van der Waals surface area contributed by atoms with Crippen LogP contribution in [0.4, 0.5) is 0 Å². The first-order chi connectivity index (χ1) is 14.8. The SMILES string of the molecule is CN(C)S(=O)(=O)c1ccc(CNC(=O)CCNC(=O)c2ccc3ccccc3c2)cc1. The molecule has 0 aliphatic rings. The first-order valence-corrected chi connectivity index (χ1v) is 11.3. The van der Waals surface area contributed by atoms with Crippen LogP contribution >= 0.6 is 0 Å². The van der Waals surface area contributed by atoms with Gasteiger partial charge in [0, 0.05) is 39.2 Å². The fourth-order valence-corrected chi connectivity index (χ4v) is 3.90. The Kier molecular flexibility index (Phi) is 7.04. The van der Waals surface area contributed by atoms with Crippen molar-refractivity contribution < 1.29 is 18.0 Å². The van der Waals surface area contributed by atoms with Crippen LogP contribution in [0.2, 0.25) is 0 Å². The molecule has 3 aromatic rings. The van der Waals surface area contributed by atoms with Crippen LogP contribution in [-0.4, -0.2) is 45.2 Å². The molecule has 0 saturated heterocycles. The summed E-state index contributed by atoms with van der Waals surface area (Å²) in [6, 6.07) is 19.6. The lowest BCUT2D eigenvalue weighted by Crippen LogP contribution is -2.30. The molecule has 0 saturated carbocycles. The van der Waals surface area contributed by atoms with Crippen LogP contribution in [0.5, 0.6) is 0 Å². The zero-order valence-corrected chi connectivity index (χ0v) is 18.3. The number of carbonyl (C=O) groups is 2. The molecule has 3 aromatic carbocycles. The summed E-state index contributed by atoms with van der Waals surface area (Å²) in [5, 5.41) is 7.57. The van der Waals surface area contributed by atoms with Gasteiger partial charge in [-0.3, -0.25) is 9.59 Å². The summed E-state index contributed by atoms with van der Waals surface area (Å²) in [5.74, 6) is -0.431. The third-order valence-electron chi connectivity index (χ3n) is 4.84. The highest BCUT2D eigenvalue weighted by molar-refractivity contribution is 7.89. The molecule has 0 aliphatic heterocycles. The minimum Gasteiger partial charge on any atom is -0.352 e. The van der Waals surface area contributed by atoms with Gasteiger partial charge in [-0.1, -0.05) is 42.5 Å². The number of carbonyl (C=O) groups excluding carboxylic acids is 2. The van der Waals surface area contributed by atoms with Gasteiger partial charge in [0.1, 0.15) is 0 Å². The molecule has 0 bridgehead atoms. The average molecular weight is 440 g/mol. The number of hydrogen-bond acceptors (Lipinski definition) is 4. The lowest BCUT2D eigenvalue weighted by Gasteiger charge is -2.12. The van der Waals surface area contributed by atoms with E-state index in [1.165, 1.54) is 26.2 Å². The molecule has 0 radical (unpaired) electrons. The zero-order chi connectivity index (χ0) is 22.4. The second-order valence-electron chi connectivity index (χ2n) is 7.28. The van der Waals surface area contributed by atoms with E-state index < -0.39 is 10.0 Å². The number of fused-ring (bicyclic) bond motifs is 1. The number of amides is 2. The fourth-order valence-electron chi connectivity index (χ4n) is 3.00. The Labute approximate surface area is 182 Å². The molecule has 0 fully saturated rings. The number of benzene rings is 3. The number of hydrogen-bond donors (Lipinski definition) is 2. The van der Waals surface area contributed by atoms with E-state index in [4.69, 9.17) is 0 Å². The smallest absolute Gasteiger partial charge is 0.251 e. The molecular weight excluding hydrogens is 414 g/mol. The summed E-state index contributed by atoms with van der Waals surface area (Å²) in [6.07, 6.45) is 0.145. The van der Waals surface area contributed by atoms with E-state index in [2.05, 4.69) is 10.6 Å². The van der Waals surface area contributed by atoms with Crippen LogP contribution in [-0.2, 0) is 21.4 Å². The molecule has 3 rings (SSSR count). The highest BCUT2D eigenvalue weighted by atomic mass is 32.2. The van der Waals surface area contributed by atoms with Gasteiger partial charge < -0.3 is 10.6 Å². The van der Waals surface area contributed by atoms with Crippen LogP contribution in [0.15, 0.2) is 71.6 Å². The number of rotatable bonds is 8. The maximum Gasteiger partial charge on any atom is 0.251 e. The monoisotopic (exact) mass is 439 g/mol. The predicted molar refractivity (Wildman–Crippen MR) is 120 cm³/mol. The summed E-state index contributed by atoms with van der Waals surface area (Å²) in [6.45, 7) is 0.497. The minimum atomic E-state index is -3.47. The van der Waals surface area contributed by atoms with E-state index in [9.17, 15) is 18.0 Å². The summed E-state index contributed by atoms with van der Waals surface area (Å²) in [5.41, 5.74) is 1.33. The van der Waals surface area contributed by atoms with Crippen LogP contribution in [0, 0.1) is 0 Å². The Hall–Kier alpha value is -3.23. The Morgan fingerprint density at radius 2 is 1.55 bits per heavy atom. The van der Waals surface area contributed by atoms with Crippen LogP contribution in [0.1, 0.15) is 22.3 Å². The average Bonchev–Trinajstić information content (AvgIpc) is 2.77. The van der Waals surface area contributed by atoms with Gasteiger partial charge in [0.2, 0.25) is 15.9 Å². The first kappa shape index (κ1) is 22.5. The van der Waals surface area contributed by atoms with Crippen molar-refractivity contribution in [2.75, 3.05) is 20.6 Å². The Balaban J connectivity index is 1.45. The molecule has 8 heteroatoms. The molecule has 0 unspecified atom stereocenters. The number of sulfonamides is 1. The van der Waals surface area contributed by atoms with E-state index >= 15 is 0 Å². The number of nitrogens with zero attached hydrogens (tertiary/aromatic N) is 1. The highest BCUT2D eigenvalue weighted by Gasteiger charge is 2.16. The number of nitrogens with one attached hydrogen (secondary N) is 2. The summed E-state index contributed by atoms with van der Waals surface area (Å²) in [4.78, 5) is 24.6. The highest BCUT2D eigenvalue weighted by Crippen LogP contribution is 2.16. The standard InChI is InChI=1S/C23H25N3O4S/c1-26(2)31(29,30)21-11-7-17(8-12-21)16-25-22(27)13-14-24-23(28)20-10-9-18-5-3-4-6-19(18)15-20/h3-12,15H,13-14,16H2,1-2H3,(H,24,28)(H,25,27). The van der Waals surface area contributed by atoms with E-state index in [1.54, 1.807) is 18.2 Å². The summed E-state index contributed by atoms with van der Waals surface area (Å²) < 4.78 is 25.3. The Bertz CT molecular complexity index is 1190. The van der Waals surface area contributed by atoms with Gasteiger partial charge in [-0.05, 0) is 40.6 Å². The van der Waals surface area contributed by atoms with Crippen molar-refractivity contribution >= 4 is 32.6 Å². The van der Waals surface area contributed by atoms with Gasteiger partial charge in [0.05, 0.1) is 4.90 Å². The molecule has 0 spiro atoms. The second kappa shape index (κ2) is 9.72. The first-order valence-electron chi connectivity index (χ1n) is 9.82. The Morgan fingerprint density at radius 3 is 2.23 bits per heavy atom. The quantitative estimate of drug-likeness (QED) is 0.564.